The summed E-state index contributed by atoms with van der Waals surface area (Å²) in [5.41, 5.74) is 2.71. The van der Waals surface area contributed by atoms with Crippen LogP contribution in [0.15, 0.2) is 18.2 Å². The molecule has 7 nitrogen and oxygen atoms in total. The second kappa shape index (κ2) is 11.9. The van der Waals surface area contributed by atoms with Gasteiger partial charge in [-0.15, -0.1) is 0 Å². The molecule has 0 bridgehead atoms. The lowest BCUT2D eigenvalue weighted by Gasteiger charge is -2.30. The Balaban J connectivity index is 2.30. The number of amides is 2. The maximum atomic E-state index is 13.3. The minimum Gasteiger partial charge on any atom is -0.377 e. The predicted molar refractivity (Wildman–Crippen MR) is 120 cm³/mol. The van der Waals surface area contributed by atoms with Gasteiger partial charge in [0.1, 0.15) is 6.61 Å². The Bertz CT molecular complexity index is 698. The topological polar surface area (TPSA) is 71.1 Å². The van der Waals surface area contributed by atoms with Crippen LogP contribution in [0.5, 0.6) is 0 Å². The quantitative estimate of drug-likeness (QED) is 0.596. The fourth-order valence-corrected chi connectivity index (χ4v) is 3.92. The molecule has 1 atom stereocenters. The second-order valence-corrected chi connectivity index (χ2v) is 8.09. The van der Waals surface area contributed by atoms with Crippen molar-refractivity contribution >= 4 is 23.2 Å². The molecule has 1 aliphatic rings. The molecule has 30 heavy (non-hydrogen) atoms. The van der Waals surface area contributed by atoms with Gasteiger partial charge >= 0.3 is 0 Å². The maximum absolute atomic E-state index is 13.3. The highest BCUT2D eigenvalue weighted by Gasteiger charge is 2.27. The van der Waals surface area contributed by atoms with Gasteiger partial charge in [0, 0.05) is 58.2 Å². The number of carbonyl (C=O) groups excluding carboxylic acids is 2. The predicted octanol–water partition coefficient (Wildman–Crippen LogP) is 3.28. The van der Waals surface area contributed by atoms with Crippen molar-refractivity contribution in [3.05, 3.63) is 23.8 Å². The molecule has 7 heteroatoms. The summed E-state index contributed by atoms with van der Waals surface area (Å²) in [7, 11) is 5.46. The Morgan fingerprint density at radius 3 is 2.57 bits per heavy atom. The lowest BCUT2D eigenvalue weighted by molar-refractivity contribution is -0.138. The highest BCUT2D eigenvalue weighted by molar-refractivity contribution is 5.92. The van der Waals surface area contributed by atoms with Gasteiger partial charge in [-0.05, 0) is 49.4 Å². The summed E-state index contributed by atoms with van der Waals surface area (Å²) in [6, 6.07) is 5.80. The van der Waals surface area contributed by atoms with E-state index >= 15 is 0 Å². The van der Waals surface area contributed by atoms with Crippen molar-refractivity contribution in [1.29, 1.82) is 0 Å². The van der Waals surface area contributed by atoms with Crippen molar-refractivity contribution in [1.82, 2.24) is 4.90 Å². The van der Waals surface area contributed by atoms with Gasteiger partial charge in [0.15, 0.2) is 0 Å². The third-order valence-corrected chi connectivity index (χ3v) is 5.58. The molecule has 1 aromatic carbocycles. The van der Waals surface area contributed by atoms with E-state index in [1.54, 1.807) is 0 Å². The van der Waals surface area contributed by atoms with E-state index in [2.05, 4.69) is 19.2 Å². The Hall–Kier alpha value is -2.12. The first kappa shape index (κ1) is 24.2. The average Bonchev–Trinajstić information content (AvgIpc) is 3.21. The van der Waals surface area contributed by atoms with Crippen molar-refractivity contribution in [2.24, 2.45) is 5.92 Å². The van der Waals surface area contributed by atoms with Crippen LogP contribution in [0.1, 0.15) is 45.1 Å². The lowest BCUT2D eigenvalue weighted by Crippen LogP contribution is -2.40. The van der Waals surface area contributed by atoms with Gasteiger partial charge in [0.05, 0.1) is 6.10 Å². The highest BCUT2D eigenvalue weighted by atomic mass is 16.5. The van der Waals surface area contributed by atoms with Crippen LogP contribution in [0.2, 0.25) is 0 Å². The molecular weight excluding hydrogens is 382 g/mol. The number of benzene rings is 1. The minimum absolute atomic E-state index is 0.00305. The first-order chi connectivity index (χ1) is 14.4. The third-order valence-electron chi connectivity index (χ3n) is 5.58. The van der Waals surface area contributed by atoms with E-state index in [1.165, 1.54) is 7.11 Å². The fraction of sp³-hybridized carbons (Fsp3) is 0.652. The van der Waals surface area contributed by atoms with E-state index in [1.807, 2.05) is 42.1 Å². The summed E-state index contributed by atoms with van der Waals surface area (Å²) in [5.74, 6) is -0.0156. The van der Waals surface area contributed by atoms with Gasteiger partial charge in [0.2, 0.25) is 11.8 Å². The van der Waals surface area contributed by atoms with Crippen molar-refractivity contribution in [3.8, 4) is 0 Å². The molecule has 1 aromatic rings. The van der Waals surface area contributed by atoms with E-state index in [-0.39, 0.29) is 30.4 Å². The van der Waals surface area contributed by atoms with Crippen LogP contribution in [0, 0.1) is 5.92 Å². The fourth-order valence-electron chi connectivity index (χ4n) is 3.92. The molecule has 168 valence electrons. The van der Waals surface area contributed by atoms with Gasteiger partial charge in [0.25, 0.3) is 0 Å². The van der Waals surface area contributed by atoms with Crippen molar-refractivity contribution in [2.45, 2.75) is 52.2 Å². The van der Waals surface area contributed by atoms with Gasteiger partial charge in [-0.3, -0.25) is 9.59 Å². The maximum Gasteiger partial charge on any atom is 0.250 e. The van der Waals surface area contributed by atoms with Crippen LogP contribution in [-0.4, -0.2) is 63.8 Å². The van der Waals surface area contributed by atoms with Gasteiger partial charge in [-0.25, -0.2) is 0 Å². The van der Waals surface area contributed by atoms with Crippen LogP contribution in [0.4, 0.5) is 11.4 Å². The van der Waals surface area contributed by atoms with Crippen LogP contribution in [0.25, 0.3) is 0 Å². The first-order valence-electron chi connectivity index (χ1n) is 10.9. The largest absolute Gasteiger partial charge is 0.377 e. The van der Waals surface area contributed by atoms with E-state index in [0.29, 0.717) is 18.8 Å². The number of anilines is 2. The molecule has 1 saturated heterocycles. The van der Waals surface area contributed by atoms with Gasteiger partial charge in [-0.1, -0.05) is 13.8 Å². The molecule has 1 heterocycles. The normalized spacial score (nSPS) is 16.0. The van der Waals surface area contributed by atoms with Crippen LogP contribution in [-0.2, 0) is 25.6 Å². The zero-order chi connectivity index (χ0) is 22.1. The zero-order valence-electron chi connectivity index (χ0n) is 19.1. The Kier molecular flexibility index (Phi) is 9.59. The number of hydrogen-bond donors (Lipinski definition) is 1. The van der Waals surface area contributed by atoms with Gasteiger partial charge < -0.3 is 24.6 Å². The lowest BCUT2D eigenvalue weighted by atomic mass is 10.0. The number of nitrogens with zero attached hydrogens (tertiary/aromatic N) is 2. The summed E-state index contributed by atoms with van der Waals surface area (Å²) in [5, 5.41) is 2.86. The van der Waals surface area contributed by atoms with Crippen LogP contribution in [0.3, 0.4) is 0 Å². The van der Waals surface area contributed by atoms with Crippen molar-refractivity contribution in [2.75, 3.05) is 51.2 Å². The summed E-state index contributed by atoms with van der Waals surface area (Å²) in [4.78, 5) is 29.2. The zero-order valence-corrected chi connectivity index (χ0v) is 19.1. The molecule has 0 radical (unpaired) electrons. The number of methoxy groups -OCH3 is 1. The SMILES string of the molecule is CCC(CC)C(=O)N(Cc1cc(NC(=O)COC)ccc1N(C)C)CC1CCCO1. The number of nitrogens with one attached hydrogen (secondary N) is 1. The Morgan fingerprint density at radius 1 is 1.27 bits per heavy atom. The molecule has 0 spiro atoms. The average molecular weight is 420 g/mol. The van der Waals surface area contributed by atoms with Crippen molar-refractivity contribution in [3.63, 3.8) is 0 Å². The Morgan fingerprint density at radius 2 is 2.00 bits per heavy atom. The second-order valence-electron chi connectivity index (χ2n) is 8.09. The molecule has 1 unspecified atom stereocenters. The van der Waals surface area contributed by atoms with E-state index in [0.717, 1.165) is 43.5 Å². The van der Waals surface area contributed by atoms with E-state index < -0.39 is 0 Å². The van der Waals surface area contributed by atoms with E-state index in [9.17, 15) is 9.59 Å². The molecule has 1 fully saturated rings. The third kappa shape index (κ3) is 6.71. The molecule has 0 aliphatic carbocycles. The first-order valence-corrected chi connectivity index (χ1v) is 10.9. The Labute approximate surface area is 180 Å². The van der Waals surface area contributed by atoms with Gasteiger partial charge in [-0.2, -0.15) is 0 Å². The summed E-state index contributed by atoms with van der Waals surface area (Å²) in [6.45, 7) is 5.98. The van der Waals surface area contributed by atoms with E-state index in [4.69, 9.17) is 9.47 Å². The molecule has 0 aromatic heterocycles. The molecule has 0 saturated carbocycles. The van der Waals surface area contributed by atoms with Crippen LogP contribution >= 0.6 is 0 Å². The molecular formula is C23H37N3O4. The standard InChI is InChI=1S/C23H37N3O4/c1-6-17(7-2)23(28)26(15-20-9-8-12-30-20)14-18-13-19(24-22(27)16-29-5)10-11-21(18)25(3)4/h10-11,13,17,20H,6-9,12,14-16H2,1-5H3,(H,24,27). The number of ether oxygens (including phenoxy) is 2. The molecule has 2 amide bonds. The molecule has 1 N–H and O–H groups in total. The summed E-state index contributed by atoms with van der Waals surface area (Å²) in [6.07, 6.45) is 3.77. The van der Waals surface area contributed by atoms with Crippen molar-refractivity contribution < 1.29 is 19.1 Å². The summed E-state index contributed by atoms with van der Waals surface area (Å²) < 4.78 is 10.7. The highest BCUT2D eigenvalue weighted by Crippen LogP contribution is 2.27. The number of hydrogen-bond acceptors (Lipinski definition) is 5. The monoisotopic (exact) mass is 419 g/mol. The molecule has 1 aliphatic heterocycles. The molecule has 2 rings (SSSR count). The summed E-state index contributed by atoms with van der Waals surface area (Å²) >= 11 is 0. The number of carbonyl (C=O) groups is 2. The smallest absolute Gasteiger partial charge is 0.250 e. The van der Waals surface area contributed by atoms with Crippen LogP contribution < -0.4 is 10.2 Å². The minimum atomic E-state index is -0.203. The number of rotatable bonds is 11.